The van der Waals surface area contributed by atoms with Crippen molar-refractivity contribution in [2.24, 2.45) is 0 Å². The van der Waals surface area contributed by atoms with Gasteiger partial charge < -0.3 is 5.11 Å². The van der Waals surface area contributed by atoms with E-state index in [1.54, 1.807) is 0 Å². The minimum Gasteiger partial charge on any atom is -0.382 e. The van der Waals surface area contributed by atoms with Gasteiger partial charge in [0.1, 0.15) is 6.10 Å². The summed E-state index contributed by atoms with van der Waals surface area (Å²) in [6.07, 6.45) is -0.599. The van der Waals surface area contributed by atoms with Crippen LogP contribution >= 0.6 is 34.1 Å². The van der Waals surface area contributed by atoms with E-state index in [1.165, 1.54) is 11.5 Å². The smallest absolute Gasteiger partial charge is 0.122 e. The second-order valence-corrected chi connectivity index (χ2v) is 4.79. The zero-order valence-corrected chi connectivity index (χ0v) is 10.2. The summed E-state index contributed by atoms with van der Waals surface area (Å²) in [5.41, 5.74) is 1.60. The fraction of sp³-hybridized carbons (Fsp3) is 0.100. The fourth-order valence-electron chi connectivity index (χ4n) is 1.18. The summed E-state index contributed by atoms with van der Waals surface area (Å²) in [4.78, 5) is 0. The van der Waals surface area contributed by atoms with Gasteiger partial charge in [0.2, 0.25) is 0 Å². The van der Waals surface area contributed by atoms with Crippen LogP contribution in [0.3, 0.4) is 0 Å². The lowest BCUT2D eigenvalue weighted by atomic mass is 10.1. The number of aliphatic hydroxyl groups is 1. The molecule has 1 unspecified atom stereocenters. The summed E-state index contributed by atoms with van der Waals surface area (Å²) < 4.78 is 5.27. The molecule has 1 aromatic heterocycles. The topological polar surface area (TPSA) is 33.1 Å². The van der Waals surface area contributed by atoms with Gasteiger partial charge in [0, 0.05) is 8.95 Å². The predicted molar refractivity (Wildman–Crippen MR) is 65.3 cm³/mol. The molecule has 0 aliphatic carbocycles. The molecule has 1 heterocycles. The first-order chi connectivity index (χ1) is 6.77. The van der Waals surface area contributed by atoms with Crippen molar-refractivity contribution in [2.75, 3.05) is 0 Å². The largest absolute Gasteiger partial charge is 0.382 e. The molecule has 0 amide bonds. The van der Waals surface area contributed by atoms with E-state index in [-0.39, 0.29) is 0 Å². The molecule has 1 N–H and O–H groups in total. The van der Waals surface area contributed by atoms with Gasteiger partial charge in [-0.2, -0.15) is 4.37 Å². The number of rotatable bonds is 2. The maximum absolute atomic E-state index is 9.91. The van der Waals surface area contributed by atoms with Gasteiger partial charge in [-0.3, -0.25) is 0 Å². The molecule has 72 valence electrons. The van der Waals surface area contributed by atoms with Crippen molar-refractivity contribution in [3.63, 3.8) is 0 Å². The Morgan fingerprint density at radius 1 is 1.21 bits per heavy atom. The van der Waals surface area contributed by atoms with E-state index in [2.05, 4.69) is 27.0 Å². The van der Waals surface area contributed by atoms with Crippen LogP contribution < -0.4 is 0 Å². The van der Waals surface area contributed by atoms with Crippen LogP contribution in [0.2, 0.25) is 0 Å². The fourth-order valence-corrected chi connectivity index (χ4v) is 2.08. The number of aromatic nitrogens is 1. The van der Waals surface area contributed by atoms with Gasteiger partial charge in [-0.15, -0.1) is 0 Å². The normalized spacial score (nSPS) is 12.7. The molecular weight excluding hydrogens is 309 g/mol. The zero-order chi connectivity index (χ0) is 9.97. The number of hydrogen-bond donors (Lipinski definition) is 1. The van der Waals surface area contributed by atoms with Crippen molar-refractivity contribution < 1.29 is 5.11 Å². The van der Waals surface area contributed by atoms with Crippen LogP contribution in [0.15, 0.2) is 35.7 Å². The lowest BCUT2D eigenvalue weighted by Gasteiger charge is -2.07. The molecule has 0 spiro atoms. The highest BCUT2D eigenvalue weighted by molar-refractivity contribution is 14.1. The van der Waals surface area contributed by atoms with E-state index in [1.807, 2.05) is 35.7 Å². The minimum atomic E-state index is -0.599. The van der Waals surface area contributed by atoms with Crippen molar-refractivity contribution in [1.29, 1.82) is 0 Å². The molecule has 4 heteroatoms. The Labute approximate surface area is 99.9 Å². The second kappa shape index (κ2) is 4.37. The van der Waals surface area contributed by atoms with Crippen LogP contribution in [-0.2, 0) is 0 Å². The van der Waals surface area contributed by atoms with Crippen molar-refractivity contribution in [1.82, 2.24) is 4.37 Å². The molecule has 0 saturated heterocycles. The van der Waals surface area contributed by atoms with E-state index in [0.29, 0.717) is 0 Å². The molecule has 1 atom stereocenters. The number of aliphatic hydroxyl groups excluding tert-OH is 1. The van der Waals surface area contributed by atoms with E-state index >= 15 is 0 Å². The Morgan fingerprint density at radius 3 is 2.50 bits per heavy atom. The summed E-state index contributed by atoms with van der Waals surface area (Å²) in [5, 5.41) is 11.8. The predicted octanol–water partition coefficient (Wildman–Crippen LogP) is 2.83. The Bertz CT molecular complexity index is 399. The van der Waals surface area contributed by atoms with Gasteiger partial charge in [-0.25, -0.2) is 0 Å². The minimum absolute atomic E-state index is 0.599. The van der Waals surface area contributed by atoms with Gasteiger partial charge in [0.25, 0.3) is 0 Å². The molecule has 2 rings (SSSR count). The quantitative estimate of drug-likeness (QED) is 0.864. The first-order valence-corrected chi connectivity index (χ1v) is 6.03. The number of hydrogen-bond acceptors (Lipinski definition) is 3. The van der Waals surface area contributed by atoms with E-state index < -0.39 is 6.10 Å². The molecule has 0 aliphatic heterocycles. The third kappa shape index (κ3) is 2.13. The van der Waals surface area contributed by atoms with Crippen LogP contribution in [0.5, 0.6) is 0 Å². The van der Waals surface area contributed by atoms with Crippen LogP contribution in [-0.4, -0.2) is 9.48 Å². The van der Waals surface area contributed by atoms with Gasteiger partial charge in [-0.05, 0) is 57.9 Å². The Morgan fingerprint density at radius 2 is 1.93 bits per heavy atom. The average Bonchev–Trinajstić information content (AvgIpc) is 2.71. The average molecular weight is 317 g/mol. The Hall–Kier alpha value is -0.460. The molecule has 0 aliphatic rings. The second-order valence-electron chi connectivity index (χ2n) is 2.88. The van der Waals surface area contributed by atoms with Crippen molar-refractivity contribution in [2.45, 2.75) is 6.10 Å². The van der Waals surface area contributed by atoms with Gasteiger partial charge >= 0.3 is 0 Å². The van der Waals surface area contributed by atoms with Gasteiger partial charge in [-0.1, -0.05) is 12.1 Å². The molecule has 0 fully saturated rings. The molecule has 0 bridgehead atoms. The SMILES string of the molecule is OC(c1ccc(I)cc1)c1ccsn1. The summed E-state index contributed by atoms with van der Waals surface area (Å²) in [5.74, 6) is 0. The summed E-state index contributed by atoms with van der Waals surface area (Å²) in [6, 6.07) is 9.64. The van der Waals surface area contributed by atoms with Crippen LogP contribution in [0.4, 0.5) is 0 Å². The Kier molecular flexibility index (Phi) is 3.15. The maximum Gasteiger partial charge on any atom is 0.122 e. The maximum atomic E-state index is 9.91. The molecule has 2 aromatic rings. The first kappa shape index (κ1) is 10.1. The van der Waals surface area contributed by atoms with Crippen molar-refractivity contribution in [3.05, 3.63) is 50.5 Å². The van der Waals surface area contributed by atoms with E-state index in [9.17, 15) is 5.11 Å². The molecular formula is C10H8INOS. The van der Waals surface area contributed by atoms with Crippen LogP contribution in [0, 0.1) is 3.57 Å². The van der Waals surface area contributed by atoms with Crippen molar-refractivity contribution in [3.8, 4) is 0 Å². The van der Waals surface area contributed by atoms with E-state index in [4.69, 9.17) is 0 Å². The summed E-state index contributed by atoms with van der Waals surface area (Å²) in [7, 11) is 0. The molecule has 0 saturated carbocycles. The molecule has 2 nitrogen and oxygen atoms in total. The summed E-state index contributed by atoms with van der Waals surface area (Å²) in [6.45, 7) is 0. The van der Waals surface area contributed by atoms with Crippen LogP contribution in [0.1, 0.15) is 17.4 Å². The Balaban J connectivity index is 2.28. The molecule has 0 radical (unpaired) electrons. The first-order valence-electron chi connectivity index (χ1n) is 4.11. The van der Waals surface area contributed by atoms with Crippen molar-refractivity contribution >= 4 is 34.1 Å². The lowest BCUT2D eigenvalue weighted by molar-refractivity contribution is 0.216. The monoisotopic (exact) mass is 317 g/mol. The zero-order valence-electron chi connectivity index (χ0n) is 7.22. The van der Waals surface area contributed by atoms with Gasteiger partial charge in [0.15, 0.2) is 0 Å². The number of halogens is 1. The highest BCUT2D eigenvalue weighted by Crippen LogP contribution is 2.21. The third-order valence-electron chi connectivity index (χ3n) is 1.92. The highest BCUT2D eigenvalue weighted by Gasteiger charge is 2.11. The standard InChI is InChI=1S/C10H8INOS/c11-8-3-1-7(2-4-8)10(13)9-5-6-14-12-9/h1-6,10,13H. The van der Waals surface area contributed by atoms with Gasteiger partial charge in [0.05, 0.1) is 5.69 Å². The van der Waals surface area contributed by atoms with Crippen LogP contribution in [0.25, 0.3) is 0 Å². The molecule has 14 heavy (non-hydrogen) atoms. The summed E-state index contributed by atoms with van der Waals surface area (Å²) >= 11 is 3.59. The number of benzene rings is 1. The number of nitrogens with zero attached hydrogens (tertiary/aromatic N) is 1. The van der Waals surface area contributed by atoms with E-state index in [0.717, 1.165) is 14.8 Å². The third-order valence-corrected chi connectivity index (χ3v) is 3.22. The highest BCUT2D eigenvalue weighted by atomic mass is 127. The lowest BCUT2D eigenvalue weighted by Crippen LogP contribution is -1.99. The molecule has 1 aromatic carbocycles.